The molecule has 0 fully saturated rings. The van der Waals surface area contributed by atoms with Crippen LogP contribution in [0, 0.1) is 13.8 Å². The lowest BCUT2D eigenvalue weighted by molar-refractivity contribution is -0.147. The first-order valence-corrected chi connectivity index (χ1v) is 8.28. The molecule has 0 heterocycles. The number of esters is 1. The highest BCUT2D eigenvalue weighted by molar-refractivity contribution is 5.92. The quantitative estimate of drug-likeness (QED) is 0.734. The number of anilines is 1. The monoisotopic (exact) mass is 357 g/mol. The second kappa shape index (κ2) is 9.46. The Morgan fingerprint density at radius 3 is 2.42 bits per heavy atom. The van der Waals surface area contributed by atoms with Gasteiger partial charge in [-0.2, -0.15) is 0 Å². The molecule has 26 heavy (non-hydrogen) atoms. The number of methoxy groups -OCH3 is 1. The summed E-state index contributed by atoms with van der Waals surface area (Å²) in [5.41, 5.74) is 2.89. The van der Waals surface area contributed by atoms with E-state index >= 15 is 0 Å². The molecule has 0 saturated carbocycles. The topological polar surface area (TPSA) is 73.9 Å². The van der Waals surface area contributed by atoms with Crippen molar-refractivity contribution in [2.45, 2.75) is 20.3 Å². The van der Waals surface area contributed by atoms with E-state index in [-0.39, 0.29) is 25.5 Å². The SMILES string of the molecule is COc1ccccc1OCCC(=O)OCC(=O)Nc1ccc(C)c(C)c1. The predicted octanol–water partition coefficient (Wildman–Crippen LogP) is 3.26. The Hall–Kier alpha value is -3.02. The summed E-state index contributed by atoms with van der Waals surface area (Å²) in [4.78, 5) is 23.6. The first-order chi connectivity index (χ1) is 12.5. The number of hydrogen-bond donors (Lipinski definition) is 1. The van der Waals surface area contributed by atoms with Crippen LogP contribution in [-0.4, -0.2) is 32.2 Å². The molecular formula is C20H23NO5. The molecule has 2 aromatic carbocycles. The van der Waals surface area contributed by atoms with E-state index in [1.807, 2.05) is 44.2 Å². The normalized spacial score (nSPS) is 10.1. The van der Waals surface area contributed by atoms with E-state index in [9.17, 15) is 9.59 Å². The second-order valence-corrected chi connectivity index (χ2v) is 5.76. The maximum absolute atomic E-state index is 11.9. The minimum Gasteiger partial charge on any atom is -0.493 e. The van der Waals surface area contributed by atoms with Gasteiger partial charge in [-0.1, -0.05) is 18.2 Å². The molecule has 2 rings (SSSR count). The number of benzene rings is 2. The minimum absolute atomic E-state index is 0.0367. The zero-order chi connectivity index (χ0) is 18.9. The van der Waals surface area contributed by atoms with Gasteiger partial charge in [0.1, 0.15) is 0 Å². The zero-order valence-corrected chi connectivity index (χ0v) is 15.2. The van der Waals surface area contributed by atoms with Gasteiger partial charge >= 0.3 is 5.97 Å². The Kier molecular flexibility index (Phi) is 7.02. The van der Waals surface area contributed by atoms with E-state index in [1.54, 1.807) is 19.2 Å². The number of amides is 1. The van der Waals surface area contributed by atoms with Crippen molar-refractivity contribution in [3.8, 4) is 11.5 Å². The Balaban J connectivity index is 1.71. The number of carbonyl (C=O) groups is 2. The zero-order valence-electron chi connectivity index (χ0n) is 15.2. The highest BCUT2D eigenvalue weighted by atomic mass is 16.5. The molecule has 0 aliphatic rings. The number of carbonyl (C=O) groups excluding carboxylic acids is 2. The maximum atomic E-state index is 11.9. The number of para-hydroxylation sites is 2. The summed E-state index contributed by atoms with van der Waals surface area (Å²) in [6.45, 7) is 3.76. The fourth-order valence-corrected chi connectivity index (χ4v) is 2.22. The van der Waals surface area contributed by atoms with Gasteiger partial charge in [-0.05, 0) is 49.2 Å². The van der Waals surface area contributed by atoms with E-state index in [4.69, 9.17) is 14.2 Å². The molecule has 138 valence electrons. The van der Waals surface area contributed by atoms with Gasteiger partial charge in [0.05, 0.1) is 20.1 Å². The van der Waals surface area contributed by atoms with Crippen LogP contribution in [0.3, 0.4) is 0 Å². The second-order valence-electron chi connectivity index (χ2n) is 5.76. The van der Waals surface area contributed by atoms with Crippen molar-refractivity contribution in [1.82, 2.24) is 0 Å². The average Bonchev–Trinajstić information content (AvgIpc) is 2.63. The molecule has 0 unspecified atom stereocenters. The van der Waals surface area contributed by atoms with Crippen LogP contribution in [0.5, 0.6) is 11.5 Å². The number of ether oxygens (including phenoxy) is 3. The molecule has 0 spiro atoms. The third kappa shape index (κ3) is 5.81. The van der Waals surface area contributed by atoms with Crippen LogP contribution < -0.4 is 14.8 Å². The molecule has 6 heteroatoms. The van der Waals surface area contributed by atoms with Crippen molar-refractivity contribution >= 4 is 17.6 Å². The number of aryl methyl sites for hydroxylation is 2. The first kappa shape index (κ1) is 19.3. The highest BCUT2D eigenvalue weighted by Crippen LogP contribution is 2.25. The summed E-state index contributed by atoms with van der Waals surface area (Å²) >= 11 is 0. The molecule has 0 bridgehead atoms. The van der Waals surface area contributed by atoms with E-state index < -0.39 is 5.97 Å². The fraction of sp³-hybridized carbons (Fsp3) is 0.300. The molecule has 0 aliphatic heterocycles. The summed E-state index contributed by atoms with van der Waals surface area (Å²) in [5.74, 6) is 0.256. The maximum Gasteiger partial charge on any atom is 0.309 e. The molecule has 1 amide bonds. The van der Waals surface area contributed by atoms with E-state index in [1.165, 1.54) is 0 Å². The van der Waals surface area contributed by atoms with Gasteiger partial charge in [-0.15, -0.1) is 0 Å². The number of rotatable bonds is 8. The van der Waals surface area contributed by atoms with Crippen molar-refractivity contribution in [2.75, 3.05) is 25.6 Å². The van der Waals surface area contributed by atoms with Crippen LogP contribution in [0.2, 0.25) is 0 Å². The molecule has 0 atom stereocenters. The summed E-state index contributed by atoms with van der Waals surface area (Å²) in [7, 11) is 1.55. The van der Waals surface area contributed by atoms with Crippen molar-refractivity contribution in [3.63, 3.8) is 0 Å². The van der Waals surface area contributed by atoms with Gasteiger partial charge in [0.15, 0.2) is 18.1 Å². The first-order valence-electron chi connectivity index (χ1n) is 8.28. The van der Waals surface area contributed by atoms with E-state index in [0.29, 0.717) is 17.2 Å². The lowest BCUT2D eigenvalue weighted by atomic mass is 10.1. The molecule has 0 radical (unpaired) electrons. The molecule has 0 aliphatic carbocycles. The number of nitrogens with one attached hydrogen (secondary N) is 1. The van der Waals surface area contributed by atoms with E-state index in [0.717, 1.165) is 11.1 Å². The summed E-state index contributed by atoms with van der Waals surface area (Å²) in [6, 6.07) is 12.8. The molecule has 1 N–H and O–H groups in total. The van der Waals surface area contributed by atoms with Crippen LogP contribution in [0.25, 0.3) is 0 Å². The van der Waals surface area contributed by atoms with Crippen LogP contribution in [0.15, 0.2) is 42.5 Å². The van der Waals surface area contributed by atoms with Gasteiger partial charge in [0.25, 0.3) is 5.91 Å². The van der Waals surface area contributed by atoms with Gasteiger partial charge in [0, 0.05) is 5.69 Å². The summed E-state index contributed by atoms with van der Waals surface area (Å²) in [6.07, 6.45) is 0.0367. The largest absolute Gasteiger partial charge is 0.493 e. The van der Waals surface area contributed by atoms with Crippen molar-refractivity contribution in [1.29, 1.82) is 0 Å². The standard InChI is InChI=1S/C20H23NO5/c1-14-8-9-16(12-15(14)2)21-19(22)13-26-20(23)10-11-25-18-7-5-4-6-17(18)24-3/h4-9,12H,10-11,13H2,1-3H3,(H,21,22). The Labute approximate surface area is 153 Å². The summed E-state index contributed by atoms with van der Waals surface area (Å²) in [5, 5.41) is 2.70. The highest BCUT2D eigenvalue weighted by Gasteiger charge is 2.10. The Morgan fingerprint density at radius 1 is 1.00 bits per heavy atom. The Morgan fingerprint density at radius 2 is 1.73 bits per heavy atom. The number of hydrogen-bond acceptors (Lipinski definition) is 5. The van der Waals surface area contributed by atoms with Crippen LogP contribution in [0.1, 0.15) is 17.5 Å². The third-order valence-electron chi connectivity index (χ3n) is 3.79. The minimum atomic E-state index is -0.505. The predicted molar refractivity (Wildman–Crippen MR) is 98.6 cm³/mol. The molecule has 0 saturated heterocycles. The summed E-state index contributed by atoms with van der Waals surface area (Å²) < 4.78 is 15.6. The smallest absolute Gasteiger partial charge is 0.309 e. The third-order valence-corrected chi connectivity index (χ3v) is 3.79. The fourth-order valence-electron chi connectivity index (χ4n) is 2.22. The molecule has 0 aromatic heterocycles. The van der Waals surface area contributed by atoms with Crippen LogP contribution in [0.4, 0.5) is 5.69 Å². The van der Waals surface area contributed by atoms with Gasteiger partial charge in [-0.3, -0.25) is 9.59 Å². The van der Waals surface area contributed by atoms with Gasteiger partial charge in [-0.25, -0.2) is 0 Å². The molecule has 6 nitrogen and oxygen atoms in total. The van der Waals surface area contributed by atoms with Crippen molar-refractivity contribution in [3.05, 3.63) is 53.6 Å². The molecule has 2 aromatic rings. The van der Waals surface area contributed by atoms with Crippen molar-refractivity contribution in [2.24, 2.45) is 0 Å². The Bertz CT molecular complexity index is 773. The van der Waals surface area contributed by atoms with Gasteiger partial charge < -0.3 is 19.5 Å². The van der Waals surface area contributed by atoms with Crippen molar-refractivity contribution < 1.29 is 23.8 Å². The van der Waals surface area contributed by atoms with Crippen LogP contribution in [-0.2, 0) is 14.3 Å². The lowest BCUT2D eigenvalue weighted by Crippen LogP contribution is -2.21. The lowest BCUT2D eigenvalue weighted by Gasteiger charge is -2.10. The van der Waals surface area contributed by atoms with E-state index in [2.05, 4.69) is 5.32 Å². The van der Waals surface area contributed by atoms with Crippen LogP contribution >= 0.6 is 0 Å². The molecular weight excluding hydrogens is 334 g/mol. The van der Waals surface area contributed by atoms with Gasteiger partial charge in [0.2, 0.25) is 0 Å². The average molecular weight is 357 g/mol.